The van der Waals surface area contributed by atoms with E-state index in [1.165, 1.54) is 4.90 Å². The van der Waals surface area contributed by atoms with Gasteiger partial charge in [0.25, 0.3) is 5.91 Å². The van der Waals surface area contributed by atoms with Gasteiger partial charge in [-0.15, -0.1) is 0 Å². The van der Waals surface area contributed by atoms with Crippen molar-refractivity contribution in [3.8, 4) is 0 Å². The first-order valence-electron chi connectivity index (χ1n) is 10.5. The second-order valence-corrected chi connectivity index (χ2v) is 9.17. The Morgan fingerprint density at radius 2 is 1.54 bits per heavy atom. The Kier molecular flexibility index (Phi) is 4.46. The van der Waals surface area contributed by atoms with Crippen molar-refractivity contribution < 1.29 is 14.4 Å². The predicted octanol–water partition coefficient (Wildman–Crippen LogP) is 3.89. The first kappa shape index (κ1) is 18.2. The predicted molar refractivity (Wildman–Crippen MR) is 106 cm³/mol. The number of fused-ring (bicyclic) bond motifs is 5. The molecule has 0 aromatic heterocycles. The van der Waals surface area contributed by atoms with Crippen molar-refractivity contribution in [2.24, 2.45) is 23.7 Å². The van der Waals surface area contributed by atoms with Crippen LogP contribution in [0.5, 0.6) is 0 Å². The summed E-state index contributed by atoms with van der Waals surface area (Å²) in [5.74, 6) is 0.103. The maximum absolute atomic E-state index is 13.1. The van der Waals surface area contributed by atoms with Gasteiger partial charge in [-0.05, 0) is 62.1 Å². The van der Waals surface area contributed by atoms with Crippen molar-refractivity contribution in [2.75, 3.05) is 18.0 Å². The molecule has 4 aliphatic rings. The molecule has 2 aliphatic heterocycles. The SMILES string of the molecule is O=C(c1cc(N2C(=O)[C@@H]3[C@H]4CC[C@@H](C4)[C@H]3C2=O)ccc1Cl)N1CCCCCC1. The van der Waals surface area contributed by atoms with Crippen LogP contribution in [0.25, 0.3) is 0 Å². The van der Waals surface area contributed by atoms with Gasteiger partial charge in [-0.2, -0.15) is 0 Å². The van der Waals surface area contributed by atoms with Gasteiger partial charge >= 0.3 is 0 Å². The molecule has 2 aliphatic carbocycles. The number of anilines is 1. The highest BCUT2D eigenvalue weighted by molar-refractivity contribution is 6.34. The Balaban J connectivity index is 1.45. The van der Waals surface area contributed by atoms with E-state index in [2.05, 4.69) is 0 Å². The van der Waals surface area contributed by atoms with Gasteiger partial charge in [-0.3, -0.25) is 19.3 Å². The van der Waals surface area contributed by atoms with Crippen molar-refractivity contribution in [2.45, 2.75) is 44.9 Å². The van der Waals surface area contributed by atoms with Crippen LogP contribution in [-0.4, -0.2) is 35.7 Å². The summed E-state index contributed by atoms with van der Waals surface area (Å²) in [6.45, 7) is 1.46. The van der Waals surface area contributed by atoms with E-state index < -0.39 is 0 Å². The van der Waals surface area contributed by atoms with Crippen LogP contribution in [0, 0.1) is 23.7 Å². The van der Waals surface area contributed by atoms with Crippen molar-refractivity contribution in [1.29, 1.82) is 0 Å². The second kappa shape index (κ2) is 6.87. The highest BCUT2D eigenvalue weighted by Gasteiger charge is 2.61. The average molecular weight is 401 g/mol. The quantitative estimate of drug-likeness (QED) is 0.707. The molecular weight excluding hydrogens is 376 g/mol. The lowest BCUT2D eigenvalue weighted by atomic mass is 9.81. The minimum absolute atomic E-state index is 0.0855. The summed E-state index contributed by atoms with van der Waals surface area (Å²) < 4.78 is 0. The maximum atomic E-state index is 13.1. The summed E-state index contributed by atoms with van der Waals surface area (Å²) in [5.41, 5.74) is 0.882. The van der Waals surface area contributed by atoms with Gasteiger partial charge < -0.3 is 4.90 Å². The fourth-order valence-electron chi connectivity index (χ4n) is 5.92. The Morgan fingerprint density at radius 1 is 0.929 bits per heavy atom. The molecule has 2 saturated carbocycles. The summed E-state index contributed by atoms with van der Waals surface area (Å²) in [6, 6.07) is 4.99. The van der Waals surface area contributed by atoms with Crippen LogP contribution in [0.1, 0.15) is 55.3 Å². The van der Waals surface area contributed by atoms with Crippen LogP contribution in [0.3, 0.4) is 0 Å². The monoisotopic (exact) mass is 400 g/mol. The van der Waals surface area contributed by atoms with Crippen LogP contribution < -0.4 is 4.90 Å². The van der Waals surface area contributed by atoms with Crippen molar-refractivity contribution in [3.63, 3.8) is 0 Å². The van der Waals surface area contributed by atoms with Crippen molar-refractivity contribution in [1.82, 2.24) is 4.90 Å². The number of benzene rings is 1. The molecule has 2 saturated heterocycles. The third-order valence-corrected chi connectivity index (χ3v) is 7.59. The molecule has 2 heterocycles. The standard InChI is InChI=1S/C22H25ClN2O3/c23-17-8-7-15(12-16(17)20(26)24-9-3-1-2-4-10-24)25-21(27)18-13-5-6-14(11-13)19(18)22(25)28/h7-8,12-14,18-19H,1-6,9-11H2/t13-,14-,18+,19+/m0/s1. The zero-order chi connectivity index (χ0) is 19.4. The third-order valence-electron chi connectivity index (χ3n) is 7.26. The van der Waals surface area contributed by atoms with Crippen molar-refractivity contribution >= 4 is 35.0 Å². The first-order chi connectivity index (χ1) is 13.6. The number of carbonyl (C=O) groups is 3. The average Bonchev–Trinajstić information content (AvgIpc) is 3.29. The highest BCUT2D eigenvalue weighted by Crippen LogP contribution is 2.56. The zero-order valence-corrected chi connectivity index (χ0v) is 16.7. The van der Waals surface area contributed by atoms with Gasteiger partial charge in [0.1, 0.15) is 0 Å². The minimum atomic E-state index is -0.160. The molecule has 0 radical (unpaired) electrons. The zero-order valence-electron chi connectivity index (χ0n) is 15.9. The fraction of sp³-hybridized carbons (Fsp3) is 0.591. The summed E-state index contributed by atoms with van der Waals surface area (Å²) in [7, 11) is 0. The second-order valence-electron chi connectivity index (χ2n) is 8.77. The van der Waals surface area contributed by atoms with Gasteiger partial charge in [0.2, 0.25) is 11.8 Å². The van der Waals surface area contributed by atoms with E-state index in [0.29, 0.717) is 28.1 Å². The molecule has 0 spiro atoms. The van der Waals surface area contributed by atoms with Gasteiger partial charge in [-0.25, -0.2) is 0 Å². The fourth-order valence-corrected chi connectivity index (χ4v) is 6.12. The molecule has 0 N–H and O–H groups in total. The molecule has 6 heteroatoms. The number of amides is 3. The lowest BCUT2D eigenvalue weighted by molar-refractivity contribution is -0.123. The summed E-state index contributed by atoms with van der Waals surface area (Å²) in [5, 5.41) is 0.373. The third kappa shape index (κ3) is 2.70. The van der Waals surface area contributed by atoms with Gasteiger partial charge in [-0.1, -0.05) is 24.4 Å². The topological polar surface area (TPSA) is 57.7 Å². The largest absolute Gasteiger partial charge is 0.339 e. The normalized spacial score (nSPS) is 32.0. The van der Waals surface area contributed by atoms with Crippen LogP contribution in [0.2, 0.25) is 5.02 Å². The molecule has 2 bridgehead atoms. The van der Waals surface area contributed by atoms with Crippen LogP contribution >= 0.6 is 11.6 Å². The number of hydrogen-bond donors (Lipinski definition) is 0. The number of imide groups is 1. The number of likely N-dealkylation sites (tertiary alicyclic amines) is 1. The summed E-state index contributed by atoms with van der Waals surface area (Å²) >= 11 is 6.35. The van der Waals surface area contributed by atoms with E-state index in [4.69, 9.17) is 11.6 Å². The molecule has 4 atom stereocenters. The van der Waals surface area contributed by atoms with E-state index in [1.54, 1.807) is 18.2 Å². The van der Waals surface area contributed by atoms with E-state index >= 15 is 0 Å². The van der Waals surface area contributed by atoms with E-state index in [0.717, 1.165) is 58.0 Å². The van der Waals surface area contributed by atoms with Gasteiger partial charge in [0, 0.05) is 13.1 Å². The molecule has 5 nitrogen and oxygen atoms in total. The molecule has 1 aromatic rings. The van der Waals surface area contributed by atoms with Crippen LogP contribution in [0.4, 0.5) is 5.69 Å². The van der Waals surface area contributed by atoms with Crippen molar-refractivity contribution in [3.05, 3.63) is 28.8 Å². The van der Waals surface area contributed by atoms with E-state index in [9.17, 15) is 14.4 Å². The molecular formula is C22H25ClN2O3. The molecule has 148 valence electrons. The van der Waals surface area contributed by atoms with Crippen LogP contribution in [-0.2, 0) is 9.59 Å². The smallest absolute Gasteiger partial charge is 0.255 e. The number of nitrogens with zero attached hydrogens (tertiary/aromatic N) is 2. The Morgan fingerprint density at radius 3 is 2.14 bits per heavy atom. The van der Waals surface area contributed by atoms with Crippen LogP contribution in [0.15, 0.2) is 18.2 Å². The maximum Gasteiger partial charge on any atom is 0.255 e. The molecule has 4 fully saturated rings. The lowest BCUT2D eigenvalue weighted by Gasteiger charge is -2.23. The summed E-state index contributed by atoms with van der Waals surface area (Å²) in [6.07, 6.45) is 7.39. The Labute approximate surface area is 170 Å². The number of halogens is 1. The Bertz CT molecular complexity index is 818. The van der Waals surface area contributed by atoms with E-state index in [-0.39, 0.29) is 29.6 Å². The molecule has 3 amide bonds. The number of hydrogen-bond acceptors (Lipinski definition) is 3. The highest BCUT2D eigenvalue weighted by atomic mass is 35.5. The lowest BCUT2D eigenvalue weighted by Crippen LogP contribution is -2.34. The number of rotatable bonds is 2. The molecule has 28 heavy (non-hydrogen) atoms. The minimum Gasteiger partial charge on any atom is -0.339 e. The first-order valence-corrected chi connectivity index (χ1v) is 10.9. The Hall–Kier alpha value is -1.88. The van der Waals surface area contributed by atoms with Gasteiger partial charge in [0.05, 0.1) is 28.1 Å². The molecule has 5 rings (SSSR count). The molecule has 1 aromatic carbocycles. The van der Waals surface area contributed by atoms with Gasteiger partial charge in [0.15, 0.2) is 0 Å². The number of carbonyl (C=O) groups excluding carboxylic acids is 3. The van der Waals surface area contributed by atoms with E-state index in [1.807, 2.05) is 4.90 Å². The summed E-state index contributed by atoms with van der Waals surface area (Å²) in [4.78, 5) is 42.4. The molecule has 0 unspecified atom stereocenters.